The van der Waals surface area contributed by atoms with Crippen LogP contribution in [0.15, 0.2) is 82.7 Å². The Balaban J connectivity index is 1.82. The first-order valence-electron chi connectivity index (χ1n) is 10.3. The Labute approximate surface area is 200 Å². The van der Waals surface area contributed by atoms with Crippen LogP contribution in [0, 0.1) is 0 Å². The quantitative estimate of drug-likeness (QED) is 0.281. The predicted molar refractivity (Wildman–Crippen MR) is 134 cm³/mol. The minimum atomic E-state index is -0.514. The molecule has 0 saturated heterocycles. The number of para-hydroxylation sites is 3. The van der Waals surface area contributed by atoms with Crippen molar-refractivity contribution in [1.29, 1.82) is 0 Å². The first kappa shape index (κ1) is 22.9. The summed E-state index contributed by atoms with van der Waals surface area (Å²) in [6.45, 7) is 1.80. The van der Waals surface area contributed by atoms with Gasteiger partial charge in [0.1, 0.15) is 5.75 Å². The number of halogens is 1. The molecule has 0 aliphatic heterocycles. The van der Waals surface area contributed by atoms with Gasteiger partial charge in [0, 0.05) is 17.8 Å². The molecule has 4 aromatic rings. The molecule has 3 aromatic carbocycles. The van der Waals surface area contributed by atoms with Crippen LogP contribution in [0.4, 0.5) is 5.69 Å². The van der Waals surface area contributed by atoms with Gasteiger partial charge in [-0.2, -0.15) is 0 Å². The number of rotatable bonds is 6. The van der Waals surface area contributed by atoms with E-state index in [-0.39, 0.29) is 11.5 Å². The maximum Gasteiger partial charge on any atom is 0.266 e. The van der Waals surface area contributed by atoms with E-state index in [0.717, 1.165) is 5.69 Å². The van der Waals surface area contributed by atoms with Crippen LogP contribution in [0.3, 0.4) is 0 Å². The van der Waals surface area contributed by atoms with Gasteiger partial charge in [0.05, 0.1) is 29.0 Å². The first-order chi connectivity index (χ1) is 15.9. The lowest BCUT2D eigenvalue weighted by atomic mass is 10.2. The van der Waals surface area contributed by atoms with Crippen molar-refractivity contribution in [2.24, 2.45) is 0 Å². The molecule has 168 valence electrons. The summed E-state index contributed by atoms with van der Waals surface area (Å²) in [6, 6.07) is 21.6. The SMILES string of the molecule is COc1ccccc1-n1c(SC(C)C(=O)N(C)c2ccccc2)nc2cc(Cl)ccc2c1=O. The molecule has 6 nitrogen and oxygen atoms in total. The van der Waals surface area contributed by atoms with E-state index in [4.69, 9.17) is 21.3 Å². The fourth-order valence-corrected chi connectivity index (χ4v) is 4.68. The number of carbonyl (C=O) groups excluding carboxylic acids is 1. The summed E-state index contributed by atoms with van der Waals surface area (Å²) in [4.78, 5) is 33.0. The van der Waals surface area contributed by atoms with E-state index < -0.39 is 5.25 Å². The van der Waals surface area contributed by atoms with Gasteiger partial charge in [-0.15, -0.1) is 0 Å². The third-order valence-corrected chi connectivity index (χ3v) is 6.51. The summed E-state index contributed by atoms with van der Waals surface area (Å²) < 4.78 is 6.99. The van der Waals surface area contributed by atoms with Crippen molar-refractivity contribution < 1.29 is 9.53 Å². The molecule has 0 aliphatic rings. The monoisotopic (exact) mass is 479 g/mol. The van der Waals surface area contributed by atoms with Gasteiger partial charge in [-0.05, 0) is 49.4 Å². The molecular weight excluding hydrogens is 458 g/mol. The van der Waals surface area contributed by atoms with Crippen LogP contribution in [0.5, 0.6) is 5.75 Å². The summed E-state index contributed by atoms with van der Waals surface area (Å²) in [5.74, 6) is 0.412. The van der Waals surface area contributed by atoms with Crippen LogP contribution >= 0.6 is 23.4 Å². The van der Waals surface area contributed by atoms with E-state index in [1.807, 2.05) is 42.5 Å². The van der Waals surface area contributed by atoms with Gasteiger partial charge in [-0.3, -0.25) is 14.2 Å². The molecule has 0 aliphatic carbocycles. The lowest BCUT2D eigenvalue weighted by Gasteiger charge is -2.22. The fourth-order valence-electron chi connectivity index (χ4n) is 3.50. The highest BCUT2D eigenvalue weighted by atomic mass is 35.5. The van der Waals surface area contributed by atoms with Gasteiger partial charge in [0.25, 0.3) is 5.56 Å². The van der Waals surface area contributed by atoms with Crippen molar-refractivity contribution in [3.63, 3.8) is 0 Å². The standard InChI is InChI=1S/C25H22ClN3O3S/c1-16(23(30)28(2)18-9-5-4-6-10-18)33-25-27-20-15-17(26)13-14-19(20)24(31)29(25)21-11-7-8-12-22(21)32-3/h4-16H,1-3H3. The van der Waals surface area contributed by atoms with Gasteiger partial charge in [-0.25, -0.2) is 4.98 Å². The van der Waals surface area contributed by atoms with Crippen LogP contribution in [-0.4, -0.2) is 34.9 Å². The zero-order valence-electron chi connectivity index (χ0n) is 18.4. The number of fused-ring (bicyclic) bond motifs is 1. The van der Waals surface area contributed by atoms with Crippen LogP contribution in [0.2, 0.25) is 5.02 Å². The molecule has 1 heterocycles. The molecular formula is C25H22ClN3O3S. The second-order valence-electron chi connectivity index (χ2n) is 7.36. The molecule has 0 radical (unpaired) electrons. The maximum atomic E-state index is 13.6. The minimum absolute atomic E-state index is 0.113. The Morgan fingerprint density at radius 1 is 1.09 bits per heavy atom. The number of aromatic nitrogens is 2. The van der Waals surface area contributed by atoms with Crippen molar-refractivity contribution in [3.8, 4) is 11.4 Å². The molecule has 0 spiro atoms. The predicted octanol–water partition coefficient (Wildman–Crippen LogP) is 5.19. The Kier molecular flexibility index (Phi) is 6.72. The highest BCUT2D eigenvalue weighted by Crippen LogP contribution is 2.30. The summed E-state index contributed by atoms with van der Waals surface area (Å²) in [7, 11) is 3.28. The Morgan fingerprint density at radius 3 is 2.52 bits per heavy atom. The molecule has 1 atom stereocenters. The average molecular weight is 480 g/mol. The van der Waals surface area contributed by atoms with Crippen LogP contribution in [0.25, 0.3) is 16.6 Å². The summed E-state index contributed by atoms with van der Waals surface area (Å²) >= 11 is 7.37. The number of hydrogen-bond donors (Lipinski definition) is 0. The van der Waals surface area contributed by atoms with E-state index in [2.05, 4.69) is 0 Å². The van der Waals surface area contributed by atoms with E-state index in [1.165, 1.54) is 16.3 Å². The van der Waals surface area contributed by atoms with Crippen molar-refractivity contribution in [2.45, 2.75) is 17.3 Å². The number of benzene rings is 3. The Morgan fingerprint density at radius 2 is 1.79 bits per heavy atom. The molecule has 0 N–H and O–H groups in total. The van der Waals surface area contributed by atoms with Crippen LogP contribution in [0.1, 0.15) is 6.92 Å². The van der Waals surface area contributed by atoms with Crippen LogP contribution < -0.4 is 15.2 Å². The smallest absolute Gasteiger partial charge is 0.266 e. The van der Waals surface area contributed by atoms with E-state index in [9.17, 15) is 9.59 Å². The molecule has 1 amide bonds. The number of anilines is 1. The van der Waals surface area contributed by atoms with Gasteiger partial charge >= 0.3 is 0 Å². The molecule has 1 unspecified atom stereocenters. The molecule has 0 bridgehead atoms. The molecule has 0 fully saturated rings. The average Bonchev–Trinajstić information content (AvgIpc) is 2.83. The number of ether oxygens (including phenoxy) is 1. The number of nitrogens with zero attached hydrogens (tertiary/aromatic N) is 3. The minimum Gasteiger partial charge on any atom is -0.495 e. The van der Waals surface area contributed by atoms with Crippen molar-refractivity contribution in [1.82, 2.24) is 9.55 Å². The van der Waals surface area contributed by atoms with Gasteiger partial charge in [0.15, 0.2) is 5.16 Å². The van der Waals surface area contributed by atoms with Crippen molar-refractivity contribution in [2.75, 3.05) is 19.1 Å². The summed E-state index contributed by atoms with van der Waals surface area (Å²) in [5, 5.41) is 0.768. The van der Waals surface area contributed by atoms with Gasteiger partial charge in [0.2, 0.25) is 5.91 Å². The number of carbonyl (C=O) groups is 1. The molecule has 4 rings (SSSR count). The Bertz CT molecular complexity index is 1370. The topological polar surface area (TPSA) is 64.4 Å². The van der Waals surface area contributed by atoms with E-state index in [0.29, 0.717) is 32.5 Å². The highest BCUT2D eigenvalue weighted by molar-refractivity contribution is 8.00. The zero-order chi connectivity index (χ0) is 23.5. The molecule has 8 heteroatoms. The third-order valence-electron chi connectivity index (χ3n) is 5.23. The molecule has 0 saturated carbocycles. The Hall–Kier alpha value is -3.29. The zero-order valence-corrected chi connectivity index (χ0v) is 19.9. The van der Waals surface area contributed by atoms with Gasteiger partial charge in [-0.1, -0.05) is 53.7 Å². The van der Waals surface area contributed by atoms with Crippen LogP contribution in [-0.2, 0) is 4.79 Å². The largest absolute Gasteiger partial charge is 0.495 e. The first-order valence-corrected chi connectivity index (χ1v) is 11.5. The third kappa shape index (κ3) is 4.60. The second-order valence-corrected chi connectivity index (χ2v) is 9.11. The second kappa shape index (κ2) is 9.68. The summed E-state index contributed by atoms with van der Waals surface area (Å²) in [6.07, 6.45) is 0. The summed E-state index contributed by atoms with van der Waals surface area (Å²) in [5.41, 5.74) is 1.54. The van der Waals surface area contributed by atoms with Gasteiger partial charge < -0.3 is 9.64 Å². The maximum absolute atomic E-state index is 13.6. The molecule has 1 aromatic heterocycles. The lowest BCUT2D eigenvalue weighted by molar-refractivity contribution is -0.117. The van der Waals surface area contributed by atoms with E-state index in [1.54, 1.807) is 56.3 Å². The van der Waals surface area contributed by atoms with Crippen molar-refractivity contribution in [3.05, 3.63) is 88.2 Å². The lowest BCUT2D eigenvalue weighted by Crippen LogP contribution is -2.34. The number of methoxy groups -OCH3 is 1. The number of amides is 1. The van der Waals surface area contributed by atoms with E-state index >= 15 is 0 Å². The fraction of sp³-hybridized carbons (Fsp3) is 0.160. The molecule has 33 heavy (non-hydrogen) atoms. The number of thioether (sulfide) groups is 1. The number of hydrogen-bond acceptors (Lipinski definition) is 5. The normalized spacial score (nSPS) is 11.9. The highest BCUT2D eigenvalue weighted by Gasteiger charge is 2.24. The van der Waals surface area contributed by atoms with Crippen molar-refractivity contribution >= 4 is 45.9 Å².